The third kappa shape index (κ3) is 4.28. The standard InChI is InChI=1S/C14H16FNO/c1-3-4-5-6-9-16-14(17)12-10-11(2)7-8-13(12)15/h1,7-8,10H,4-6,9H2,2H3,(H,16,17). The molecule has 1 amide bonds. The van der Waals surface area contributed by atoms with E-state index < -0.39 is 5.82 Å². The van der Waals surface area contributed by atoms with Crippen LogP contribution < -0.4 is 5.32 Å². The maximum Gasteiger partial charge on any atom is 0.254 e. The second-order valence-electron chi connectivity index (χ2n) is 3.90. The number of aryl methyl sites for hydroxylation is 1. The number of terminal acetylenes is 1. The van der Waals surface area contributed by atoms with Crippen molar-refractivity contribution < 1.29 is 9.18 Å². The van der Waals surface area contributed by atoms with Gasteiger partial charge in [-0.15, -0.1) is 12.3 Å². The first kappa shape index (κ1) is 13.2. The Hall–Kier alpha value is -1.82. The number of nitrogens with one attached hydrogen (secondary N) is 1. The third-order valence-corrected chi connectivity index (χ3v) is 2.40. The van der Waals surface area contributed by atoms with Crippen molar-refractivity contribution in [2.24, 2.45) is 0 Å². The average Bonchev–Trinajstić information content (AvgIpc) is 2.32. The van der Waals surface area contributed by atoms with Crippen molar-refractivity contribution in [1.82, 2.24) is 5.32 Å². The van der Waals surface area contributed by atoms with Crippen molar-refractivity contribution in [2.75, 3.05) is 6.54 Å². The minimum atomic E-state index is -0.489. The summed E-state index contributed by atoms with van der Waals surface area (Å²) in [6, 6.07) is 4.49. The second-order valence-corrected chi connectivity index (χ2v) is 3.90. The lowest BCUT2D eigenvalue weighted by Crippen LogP contribution is -2.25. The molecule has 0 atom stereocenters. The Kier molecular flexibility index (Phi) is 5.22. The number of halogens is 1. The van der Waals surface area contributed by atoms with E-state index in [0.717, 1.165) is 18.4 Å². The van der Waals surface area contributed by atoms with Crippen LogP contribution in [-0.4, -0.2) is 12.5 Å². The third-order valence-electron chi connectivity index (χ3n) is 2.40. The van der Waals surface area contributed by atoms with Crippen LogP contribution in [0.1, 0.15) is 35.2 Å². The molecule has 0 unspecified atom stereocenters. The Balaban J connectivity index is 2.47. The Morgan fingerprint density at radius 3 is 2.94 bits per heavy atom. The van der Waals surface area contributed by atoms with Crippen LogP contribution in [0.2, 0.25) is 0 Å². The van der Waals surface area contributed by atoms with Gasteiger partial charge in [-0.3, -0.25) is 4.79 Å². The van der Waals surface area contributed by atoms with E-state index >= 15 is 0 Å². The van der Waals surface area contributed by atoms with Gasteiger partial charge in [-0.25, -0.2) is 4.39 Å². The van der Waals surface area contributed by atoms with Gasteiger partial charge in [0, 0.05) is 13.0 Å². The number of unbranched alkanes of at least 4 members (excludes halogenated alkanes) is 2. The molecule has 0 aromatic heterocycles. The van der Waals surface area contributed by atoms with Crippen molar-refractivity contribution in [1.29, 1.82) is 0 Å². The summed E-state index contributed by atoms with van der Waals surface area (Å²) >= 11 is 0. The molecule has 0 radical (unpaired) electrons. The maximum absolute atomic E-state index is 13.4. The number of carbonyl (C=O) groups is 1. The molecule has 2 nitrogen and oxygen atoms in total. The molecular weight excluding hydrogens is 217 g/mol. The summed E-state index contributed by atoms with van der Waals surface area (Å²) in [5, 5.41) is 2.68. The summed E-state index contributed by atoms with van der Waals surface area (Å²) in [7, 11) is 0. The van der Waals surface area contributed by atoms with Gasteiger partial charge in [-0.05, 0) is 31.9 Å². The van der Waals surface area contributed by atoms with Gasteiger partial charge < -0.3 is 5.32 Å². The molecule has 1 rings (SSSR count). The zero-order valence-electron chi connectivity index (χ0n) is 9.92. The first-order valence-electron chi connectivity index (χ1n) is 5.63. The minimum Gasteiger partial charge on any atom is -0.352 e. The van der Waals surface area contributed by atoms with Crippen molar-refractivity contribution in [3.8, 4) is 12.3 Å². The summed E-state index contributed by atoms with van der Waals surface area (Å²) in [6.45, 7) is 2.34. The van der Waals surface area contributed by atoms with Gasteiger partial charge in [-0.2, -0.15) is 0 Å². The van der Waals surface area contributed by atoms with E-state index in [1.807, 2.05) is 6.92 Å². The van der Waals surface area contributed by atoms with Crippen LogP contribution >= 0.6 is 0 Å². The van der Waals surface area contributed by atoms with Gasteiger partial charge in [0.2, 0.25) is 0 Å². The second kappa shape index (κ2) is 6.70. The van der Waals surface area contributed by atoms with Crippen LogP contribution in [0.15, 0.2) is 18.2 Å². The SMILES string of the molecule is C#CCCCCNC(=O)c1cc(C)ccc1F. The Morgan fingerprint density at radius 1 is 1.47 bits per heavy atom. The van der Waals surface area contributed by atoms with Gasteiger partial charge in [-0.1, -0.05) is 11.6 Å². The summed E-state index contributed by atoms with van der Waals surface area (Å²) in [4.78, 5) is 11.7. The predicted octanol–water partition coefficient (Wildman–Crippen LogP) is 2.67. The molecule has 0 aliphatic rings. The summed E-state index contributed by atoms with van der Waals surface area (Å²) in [6.07, 6.45) is 7.49. The highest BCUT2D eigenvalue weighted by Crippen LogP contribution is 2.09. The highest BCUT2D eigenvalue weighted by Gasteiger charge is 2.10. The van der Waals surface area contributed by atoms with Crippen LogP contribution in [0.25, 0.3) is 0 Å². The van der Waals surface area contributed by atoms with E-state index in [0.29, 0.717) is 13.0 Å². The number of carbonyl (C=O) groups excluding carboxylic acids is 1. The molecule has 0 saturated heterocycles. The van der Waals surface area contributed by atoms with E-state index in [1.54, 1.807) is 12.1 Å². The van der Waals surface area contributed by atoms with E-state index in [2.05, 4.69) is 11.2 Å². The lowest BCUT2D eigenvalue weighted by molar-refractivity contribution is 0.0949. The van der Waals surface area contributed by atoms with Crippen molar-refractivity contribution in [3.05, 3.63) is 35.1 Å². The summed E-state index contributed by atoms with van der Waals surface area (Å²) in [5.74, 6) is 1.67. The maximum atomic E-state index is 13.4. The minimum absolute atomic E-state index is 0.0990. The first-order chi connectivity index (χ1) is 8.15. The fourth-order valence-corrected chi connectivity index (χ4v) is 1.46. The molecule has 0 heterocycles. The summed E-state index contributed by atoms with van der Waals surface area (Å²) in [5.41, 5.74) is 0.964. The first-order valence-corrected chi connectivity index (χ1v) is 5.63. The number of amides is 1. The van der Waals surface area contributed by atoms with Crippen molar-refractivity contribution in [2.45, 2.75) is 26.2 Å². The van der Waals surface area contributed by atoms with Crippen LogP contribution in [0.3, 0.4) is 0 Å². The molecule has 90 valence electrons. The number of rotatable bonds is 5. The zero-order chi connectivity index (χ0) is 12.7. The van der Waals surface area contributed by atoms with Crippen LogP contribution in [-0.2, 0) is 0 Å². The molecule has 0 spiro atoms. The zero-order valence-corrected chi connectivity index (χ0v) is 9.92. The molecule has 0 saturated carbocycles. The average molecular weight is 233 g/mol. The summed E-state index contributed by atoms with van der Waals surface area (Å²) < 4.78 is 13.4. The lowest BCUT2D eigenvalue weighted by Gasteiger charge is -2.06. The van der Waals surface area contributed by atoms with Gasteiger partial charge in [0.15, 0.2) is 0 Å². The van der Waals surface area contributed by atoms with E-state index in [9.17, 15) is 9.18 Å². The van der Waals surface area contributed by atoms with E-state index in [-0.39, 0.29) is 11.5 Å². The Bertz CT molecular complexity index is 434. The molecule has 0 aliphatic heterocycles. The van der Waals surface area contributed by atoms with E-state index in [4.69, 9.17) is 6.42 Å². The molecule has 1 aromatic carbocycles. The molecule has 0 fully saturated rings. The van der Waals surface area contributed by atoms with Crippen LogP contribution in [0.5, 0.6) is 0 Å². The lowest BCUT2D eigenvalue weighted by atomic mass is 10.1. The fourth-order valence-electron chi connectivity index (χ4n) is 1.46. The highest BCUT2D eigenvalue weighted by atomic mass is 19.1. The molecule has 1 N–H and O–H groups in total. The quantitative estimate of drug-likeness (QED) is 0.615. The highest BCUT2D eigenvalue weighted by molar-refractivity contribution is 5.94. The monoisotopic (exact) mass is 233 g/mol. The van der Waals surface area contributed by atoms with Crippen LogP contribution in [0.4, 0.5) is 4.39 Å². The number of benzene rings is 1. The normalized spacial score (nSPS) is 9.71. The molecule has 17 heavy (non-hydrogen) atoms. The van der Waals surface area contributed by atoms with Crippen molar-refractivity contribution in [3.63, 3.8) is 0 Å². The number of hydrogen-bond donors (Lipinski definition) is 1. The fraction of sp³-hybridized carbons (Fsp3) is 0.357. The van der Waals surface area contributed by atoms with Gasteiger partial charge >= 0.3 is 0 Å². The smallest absolute Gasteiger partial charge is 0.254 e. The molecule has 3 heteroatoms. The van der Waals surface area contributed by atoms with Crippen molar-refractivity contribution >= 4 is 5.91 Å². The Labute approximate surface area is 101 Å². The topological polar surface area (TPSA) is 29.1 Å². The van der Waals surface area contributed by atoms with Gasteiger partial charge in [0.1, 0.15) is 5.82 Å². The molecular formula is C14H16FNO. The predicted molar refractivity (Wildman–Crippen MR) is 66.2 cm³/mol. The largest absolute Gasteiger partial charge is 0.352 e. The molecule has 0 bridgehead atoms. The number of hydrogen-bond acceptors (Lipinski definition) is 1. The molecule has 0 aliphatic carbocycles. The van der Waals surface area contributed by atoms with Gasteiger partial charge in [0.25, 0.3) is 5.91 Å². The van der Waals surface area contributed by atoms with Crippen LogP contribution in [0, 0.1) is 25.1 Å². The van der Waals surface area contributed by atoms with E-state index in [1.165, 1.54) is 6.07 Å². The van der Waals surface area contributed by atoms with Gasteiger partial charge in [0.05, 0.1) is 5.56 Å². The molecule has 1 aromatic rings. The Morgan fingerprint density at radius 2 is 2.24 bits per heavy atom.